The second kappa shape index (κ2) is 6.52. The number of Topliss-reactive ketones (excluding diaryl/α,β-unsaturated/α-hetero) is 1. The first kappa shape index (κ1) is 13.8. The molecule has 2 aliphatic heterocycles. The number of rotatable bonds is 4. The molecular formula is C19H27NO3. The van der Waals surface area contributed by atoms with E-state index in [1.807, 2.05) is 30.9 Å². The number of carbonyl (C=O) groups excluding carboxylic acids is 1. The Morgan fingerprint density at radius 1 is 1.30 bits per heavy atom. The molecule has 0 bridgehead atoms. The fraction of sp³-hybridized carbons (Fsp3) is 0.632. The Balaban J connectivity index is 2.00. The van der Waals surface area contributed by atoms with E-state index >= 15 is 0 Å². The molecule has 3 rings (SSSR count). The van der Waals surface area contributed by atoms with Gasteiger partial charge >= 0.3 is 0 Å². The molecule has 4 nitrogen and oxygen atoms in total. The molecule has 0 amide bonds. The first-order valence-electron chi connectivity index (χ1n) is 9.33. The quantitative estimate of drug-likeness (QED) is 0.854. The normalized spacial score (nSPS) is 27.8. The fourth-order valence-corrected chi connectivity index (χ4v) is 3.66. The highest BCUT2D eigenvalue weighted by Gasteiger charge is 2.38. The van der Waals surface area contributed by atoms with Crippen LogP contribution in [-0.4, -0.2) is 37.9 Å². The van der Waals surface area contributed by atoms with Crippen LogP contribution in [-0.2, 0) is 11.2 Å². The van der Waals surface area contributed by atoms with Crippen molar-refractivity contribution in [3.8, 4) is 11.5 Å². The van der Waals surface area contributed by atoms with E-state index in [0.29, 0.717) is 36.8 Å². The minimum absolute atomic E-state index is 0.0302. The zero-order chi connectivity index (χ0) is 18.4. The van der Waals surface area contributed by atoms with E-state index in [2.05, 4.69) is 0 Å². The van der Waals surface area contributed by atoms with Crippen LogP contribution >= 0.6 is 0 Å². The summed E-state index contributed by atoms with van der Waals surface area (Å²) in [7, 11) is 3.20. The Morgan fingerprint density at radius 3 is 2.65 bits per heavy atom. The molecule has 0 aromatic heterocycles. The van der Waals surface area contributed by atoms with Crippen LogP contribution in [0.2, 0.25) is 0 Å². The van der Waals surface area contributed by atoms with Crippen LogP contribution in [0, 0.1) is 11.8 Å². The highest BCUT2D eigenvalue weighted by molar-refractivity contribution is 5.83. The lowest BCUT2D eigenvalue weighted by molar-refractivity contribution is -0.129. The molecule has 23 heavy (non-hydrogen) atoms. The third-order valence-corrected chi connectivity index (χ3v) is 4.81. The lowest BCUT2D eigenvalue weighted by Gasteiger charge is -2.43. The van der Waals surface area contributed by atoms with Crippen LogP contribution in [0.5, 0.6) is 11.5 Å². The van der Waals surface area contributed by atoms with Gasteiger partial charge in [0, 0.05) is 34.2 Å². The monoisotopic (exact) mass is 319 g/mol. The van der Waals surface area contributed by atoms with Gasteiger partial charge in [-0.15, -0.1) is 0 Å². The van der Waals surface area contributed by atoms with E-state index in [4.69, 9.17) is 12.2 Å². The highest BCUT2D eigenvalue weighted by atomic mass is 16.5. The summed E-state index contributed by atoms with van der Waals surface area (Å²) in [5, 5.41) is 0. The molecule has 1 aromatic carbocycles. The maximum absolute atomic E-state index is 12.8. The molecule has 2 unspecified atom stereocenters. The maximum Gasteiger partial charge on any atom is 0.161 e. The van der Waals surface area contributed by atoms with Crippen molar-refractivity contribution in [1.82, 2.24) is 4.90 Å². The second-order valence-electron chi connectivity index (χ2n) is 6.85. The highest BCUT2D eigenvalue weighted by Crippen LogP contribution is 2.42. The summed E-state index contributed by atoms with van der Waals surface area (Å²) in [5.74, 6) is 1.08. The van der Waals surface area contributed by atoms with Gasteiger partial charge in [-0.25, -0.2) is 0 Å². The van der Waals surface area contributed by atoms with Gasteiger partial charge in [-0.3, -0.25) is 9.69 Å². The number of hydrogen-bond donors (Lipinski definition) is 0. The van der Waals surface area contributed by atoms with Crippen LogP contribution < -0.4 is 9.47 Å². The Labute approximate surface area is 141 Å². The van der Waals surface area contributed by atoms with Crippen LogP contribution in [0.3, 0.4) is 0 Å². The maximum atomic E-state index is 12.8. The Morgan fingerprint density at radius 2 is 2.00 bits per heavy atom. The van der Waals surface area contributed by atoms with Crippen molar-refractivity contribution in [3.63, 3.8) is 0 Å². The first-order valence-corrected chi connectivity index (χ1v) is 8.33. The molecule has 2 aliphatic rings. The number of ketones is 1. The molecule has 126 valence electrons. The van der Waals surface area contributed by atoms with Crippen molar-refractivity contribution in [2.75, 3.05) is 27.3 Å². The molecule has 2 heterocycles. The summed E-state index contributed by atoms with van der Waals surface area (Å²) < 4.78 is 28.1. The number of fused-ring (bicyclic) bond motifs is 3. The number of piperidine rings is 1. The zero-order valence-electron chi connectivity index (χ0n) is 16.4. The molecule has 4 heteroatoms. The predicted molar refractivity (Wildman–Crippen MR) is 90.1 cm³/mol. The topological polar surface area (TPSA) is 38.8 Å². The number of hydrogen-bond acceptors (Lipinski definition) is 4. The summed E-state index contributed by atoms with van der Waals surface area (Å²) >= 11 is 0. The largest absolute Gasteiger partial charge is 0.493 e. The Kier molecular flexibility index (Phi) is 3.93. The van der Waals surface area contributed by atoms with Crippen LogP contribution in [0.25, 0.3) is 0 Å². The molecule has 0 aliphatic carbocycles. The molecule has 2 atom stereocenters. The average molecular weight is 319 g/mol. The fourth-order valence-electron chi connectivity index (χ4n) is 3.66. The average Bonchev–Trinajstić information content (AvgIpc) is 2.57. The van der Waals surface area contributed by atoms with Gasteiger partial charge in [-0.1, -0.05) is 13.8 Å². The van der Waals surface area contributed by atoms with Gasteiger partial charge in [0.15, 0.2) is 11.5 Å². The van der Waals surface area contributed by atoms with Gasteiger partial charge in [0.05, 0.1) is 14.2 Å². The molecule has 0 saturated carbocycles. The summed E-state index contributed by atoms with van der Waals surface area (Å²) in [6.07, 6.45) is 1.70. The van der Waals surface area contributed by atoms with E-state index in [-0.39, 0.29) is 11.8 Å². The lowest BCUT2D eigenvalue weighted by Crippen LogP contribution is -2.46. The van der Waals surface area contributed by atoms with Gasteiger partial charge in [0.1, 0.15) is 5.78 Å². The predicted octanol–water partition coefficient (Wildman–Crippen LogP) is 3.24. The van der Waals surface area contributed by atoms with Crippen LogP contribution in [0.1, 0.15) is 46.6 Å². The smallest absolute Gasteiger partial charge is 0.161 e. The van der Waals surface area contributed by atoms with E-state index < -0.39 is 12.4 Å². The van der Waals surface area contributed by atoms with Gasteiger partial charge in [0.2, 0.25) is 0 Å². The molecular weight excluding hydrogens is 290 g/mol. The Hall–Kier alpha value is -1.55. The van der Waals surface area contributed by atoms with Gasteiger partial charge in [-0.2, -0.15) is 0 Å². The SMILES string of the molecule is [2H]C1([2H])C(CC(C)C)C(=O)CC2c3cc(OC)c(OC)cc3CCN21. The van der Waals surface area contributed by atoms with Crippen LogP contribution in [0.15, 0.2) is 12.1 Å². The molecule has 1 saturated heterocycles. The van der Waals surface area contributed by atoms with Crippen molar-refractivity contribution in [2.45, 2.75) is 39.2 Å². The third kappa shape index (κ3) is 3.09. The van der Waals surface area contributed by atoms with Crippen molar-refractivity contribution >= 4 is 5.78 Å². The number of methoxy groups -OCH3 is 2. The Bertz CT molecular complexity index is 675. The van der Waals surface area contributed by atoms with Crippen LogP contribution in [0.4, 0.5) is 0 Å². The summed E-state index contributed by atoms with van der Waals surface area (Å²) in [4.78, 5) is 14.6. The number of nitrogens with zero attached hydrogens (tertiary/aromatic N) is 1. The molecule has 0 spiro atoms. The van der Waals surface area contributed by atoms with E-state index in [0.717, 1.165) is 17.5 Å². The van der Waals surface area contributed by atoms with Gasteiger partial charge in [-0.05, 0) is 42.0 Å². The van der Waals surface area contributed by atoms with E-state index in [1.165, 1.54) is 0 Å². The van der Waals surface area contributed by atoms with Crippen molar-refractivity contribution in [3.05, 3.63) is 23.3 Å². The lowest BCUT2D eigenvalue weighted by atomic mass is 9.80. The summed E-state index contributed by atoms with van der Waals surface area (Å²) in [5.41, 5.74) is 2.11. The number of ether oxygens (including phenoxy) is 2. The first-order chi connectivity index (χ1) is 11.8. The zero-order valence-corrected chi connectivity index (χ0v) is 14.4. The number of benzene rings is 1. The van der Waals surface area contributed by atoms with Crippen molar-refractivity contribution < 1.29 is 17.0 Å². The van der Waals surface area contributed by atoms with Gasteiger partial charge < -0.3 is 9.47 Å². The number of carbonyl (C=O) groups is 1. The molecule has 0 N–H and O–H groups in total. The second-order valence-corrected chi connectivity index (χ2v) is 6.85. The molecule has 1 aromatic rings. The van der Waals surface area contributed by atoms with Crippen molar-refractivity contribution in [2.24, 2.45) is 11.8 Å². The minimum atomic E-state index is -1.62. The third-order valence-electron chi connectivity index (χ3n) is 4.81. The molecule has 0 radical (unpaired) electrons. The minimum Gasteiger partial charge on any atom is -0.493 e. The van der Waals surface area contributed by atoms with Gasteiger partial charge in [0.25, 0.3) is 0 Å². The summed E-state index contributed by atoms with van der Waals surface area (Å²) in [6, 6.07) is 3.65. The summed E-state index contributed by atoms with van der Waals surface area (Å²) in [6.45, 7) is 3.08. The standard InChI is InChI=1S/C19H27NO3/c1-12(2)7-14-11-20-6-5-13-8-18(22-3)19(23-4)9-15(13)16(20)10-17(14)21/h8-9,12,14,16H,5-7,10-11H2,1-4H3/i11D2. The van der Waals surface area contributed by atoms with E-state index in [1.54, 1.807) is 14.2 Å². The molecule has 1 fully saturated rings. The van der Waals surface area contributed by atoms with E-state index in [9.17, 15) is 4.79 Å². The van der Waals surface area contributed by atoms with Crippen molar-refractivity contribution in [1.29, 1.82) is 0 Å².